The number of rotatable bonds is 7. The number of sulfonamides is 1. The third kappa shape index (κ3) is 6.85. The summed E-state index contributed by atoms with van der Waals surface area (Å²) >= 11 is 0. The van der Waals surface area contributed by atoms with Gasteiger partial charge >= 0.3 is 0 Å². The first-order valence-electron chi connectivity index (χ1n) is 4.76. The maximum absolute atomic E-state index is 11.1. The van der Waals surface area contributed by atoms with Gasteiger partial charge in [-0.05, 0) is 13.0 Å². The van der Waals surface area contributed by atoms with Crippen molar-refractivity contribution in [3.05, 3.63) is 0 Å². The van der Waals surface area contributed by atoms with Gasteiger partial charge in [0.15, 0.2) is 0 Å². The average molecular weight is 222 g/mol. The molecule has 0 saturated carbocycles. The standard InChI is InChI=1S/C8H18N2O3S/c1-3-7-14(12,13)10-8(11)5-6-9-4-2/h9H,3-7H2,1-2H3,(H,10,11). The molecule has 0 spiro atoms. The zero-order chi connectivity index (χ0) is 11.0. The Hall–Kier alpha value is -0.620. The van der Waals surface area contributed by atoms with Gasteiger partial charge in [0, 0.05) is 13.0 Å². The largest absolute Gasteiger partial charge is 0.316 e. The van der Waals surface area contributed by atoms with Gasteiger partial charge in [0.05, 0.1) is 5.75 Å². The topological polar surface area (TPSA) is 75.3 Å². The van der Waals surface area contributed by atoms with Crippen molar-refractivity contribution >= 4 is 15.9 Å². The molecule has 0 aliphatic heterocycles. The Bertz CT molecular complexity index is 262. The summed E-state index contributed by atoms with van der Waals surface area (Å²) in [7, 11) is -3.40. The van der Waals surface area contributed by atoms with Crippen LogP contribution in [-0.2, 0) is 14.8 Å². The zero-order valence-electron chi connectivity index (χ0n) is 8.67. The van der Waals surface area contributed by atoms with Gasteiger partial charge in [0.2, 0.25) is 15.9 Å². The van der Waals surface area contributed by atoms with E-state index in [0.29, 0.717) is 13.0 Å². The molecule has 0 radical (unpaired) electrons. The van der Waals surface area contributed by atoms with Crippen molar-refractivity contribution in [1.82, 2.24) is 10.0 Å². The van der Waals surface area contributed by atoms with Gasteiger partial charge in [-0.2, -0.15) is 0 Å². The second-order valence-electron chi connectivity index (χ2n) is 2.95. The summed E-state index contributed by atoms with van der Waals surface area (Å²) in [4.78, 5) is 11.1. The van der Waals surface area contributed by atoms with E-state index in [1.54, 1.807) is 6.92 Å². The lowest BCUT2D eigenvalue weighted by Crippen LogP contribution is -2.34. The Balaban J connectivity index is 3.82. The maximum Gasteiger partial charge on any atom is 0.234 e. The molecular formula is C8H18N2O3S. The highest BCUT2D eigenvalue weighted by Gasteiger charge is 2.12. The average Bonchev–Trinajstić information content (AvgIpc) is 2.03. The van der Waals surface area contributed by atoms with E-state index in [2.05, 4.69) is 5.32 Å². The third-order valence-corrected chi connectivity index (χ3v) is 3.01. The van der Waals surface area contributed by atoms with Crippen LogP contribution < -0.4 is 10.0 Å². The van der Waals surface area contributed by atoms with Crippen LogP contribution in [0, 0.1) is 0 Å². The Kier molecular flexibility index (Phi) is 6.48. The van der Waals surface area contributed by atoms with Crippen LogP contribution in [0.2, 0.25) is 0 Å². The van der Waals surface area contributed by atoms with Crippen molar-refractivity contribution < 1.29 is 13.2 Å². The SMILES string of the molecule is CCCS(=O)(=O)NC(=O)CCNCC. The van der Waals surface area contributed by atoms with Crippen LogP contribution in [0.4, 0.5) is 0 Å². The van der Waals surface area contributed by atoms with E-state index in [9.17, 15) is 13.2 Å². The summed E-state index contributed by atoms with van der Waals surface area (Å²) in [6.07, 6.45) is 0.701. The van der Waals surface area contributed by atoms with E-state index in [1.807, 2.05) is 11.6 Å². The van der Waals surface area contributed by atoms with Gasteiger partial charge in [-0.15, -0.1) is 0 Å². The van der Waals surface area contributed by atoms with Crippen molar-refractivity contribution in [2.45, 2.75) is 26.7 Å². The van der Waals surface area contributed by atoms with Crippen molar-refractivity contribution in [3.8, 4) is 0 Å². The van der Waals surface area contributed by atoms with E-state index >= 15 is 0 Å². The molecule has 6 heteroatoms. The molecule has 0 rings (SSSR count). The summed E-state index contributed by atoms with van der Waals surface area (Å²) < 4.78 is 24.3. The summed E-state index contributed by atoms with van der Waals surface area (Å²) in [6.45, 7) is 4.95. The van der Waals surface area contributed by atoms with Crippen molar-refractivity contribution in [1.29, 1.82) is 0 Å². The molecule has 0 aromatic heterocycles. The highest BCUT2D eigenvalue weighted by Crippen LogP contribution is 1.89. The molecule has 84 valence electrons. The number of amides is 1. The Labute approximate surface area is 85.3 Å². The quantitative estimate of drug-likeness (QED) is 0.587. The molecule has 0 aromatic rings. The first-order valence-corrected chi connectivity index (χ1v) is 6.41. The summed E-state index contributed by atoms with van der Waals surface area (Å²) in [6, 6.07) is 0. The zero-order valence-corrected chi connectivity index (χ0v) is 9.49. The summed E-state index contributed by atoms with van der Waals surface area (Å²) in [5, 5.41) is 2.94. The third-order valence-electron chi connectivity index (χ3n) is 1.52. The van der Waals surface area contributed by atoms with Gasteiger partial charge in [0.1, 0.15) is 0 Å². The van der Waals surface area contributed by atoms with Crippen LogP contribution >= 0.6 is 0 Å². The monoisotopic (exact) mass is 222 g/mol. The van der Waals surface area contributed by atoms with Gasteiger partial charge in [-0.25, -0.2) is 8.42 Å². The fraction of sp³-hybridized carbons (Fsp3) is 0.875. The molecule has 0 atom stereocenters. The molecule has 0 aromatic carbocycles. The number of carbonyl (C=O) groups excluding carboxylic acids is 1. The van der Waals surface area contributed by atoms with Crippen LogP contribution in [0.3, 0.4) is 0 Å². The Morgan fingerprint density at radius 3 is 2.43 bits per heavy atom. The van der Waals surface area contributed by atoms with E-state index in [0.717, 1.165) is 6.54 Å². The molecule has 0 aliphatic rings. The highest BCUT2D eigenvalue weighted by molar-refractivity contribution is 7.90. The minimum Gasteiger partial charge on any atom is -0.316 e. The summed E-state index contributed by atoms with van der Waals surface area (Å²) in [5.74, 6) is -0.445. The highest BCUT2D eigenvalue weighted by atomic mass is 32.2. The Morgan fingerprint density at radius 2 is 1.93 bits per heavy atom. The van der Waals surface area contributed by atoms with E-state index in [1.165, 1.54) is 0 Å². The molecule has 14 heavy (non-hydrogen) atoms. The molecule has 0 heterocycles. The molecule has 5 nitrogen and oxygen atoms in total. The minimum absolute atomic E-state index is 0.0000532. The van der Waals surface area contributed by atoms with E-state index in [-0.39, 0.29) is 12.2 Å². The van der Waals surface area contributed by atoms with Gasteiger partial charge in [-0.3, -0.25) is 9.52 Å². The second-order valence-corrected chi connectivity index (χ2v) is 4.79. The maximum atomic E-state index is 11.1. The van der Waals surface area contributed by atoms with Crippen LogP contribution in [0.25, 0.3) is 0 Å². The molecule has 0 saturated heterocycles. The number of carbonyl (C=O) groups is 1. The molecule has 0 unspecified atom stereocenters. The predicted molar refractivity (Wildman–Crippen MR) is 55.4 cm³/mol. The molecule has 0 bridgehead atoms. The van der Waals surface area contributed by atoms with Crippen molar-refractivity contribution in [2.75, 3.05) is 18.8 Å². The lowest BCUT2D eigenvalue weighted by Gasteiger charge is -2.05. The van der Waals surface area contributed by atoms with Gasteiger partial charge in [0.25, 0.3) is 0 Å². The van der Waals surface area contributed by atoms with Crippen LogP contribution in [-0.4, -0.2) is 33.2 Å². The number of nitrogens with one attached hydrogen (secondary N) is 2. The molecule has 1 amide bonds. The van der Waals surface area contributed by atoms with Crippen LogP contribution in [0.15, 0.2) is 0 Å². The fourth-order valence-electron chi connectivity index (χ4n) is 0.923. The van der Waals surface area contributed by atoms with Gasteiger partial charge in [-0.1, -0.05) is 13.8 Å². The number of hydrogen-bond acceptors (Lipinski definition) is 4. The number of hydrogen-bond donors (Lipinski definition) is 2. The predicted octanol–water partition coefficient (Wildman–Crippen LogP) is -0.158. The second kappa shape index (κ2) is 6.78. The normalized spacial score (nSPS) is 11.3. The smallest absolute Gasteiger partial charge is 0.234 e. The molecular weight excluding hydrogens is 204 g/mol. The molecule has 2 N–H and O–H groups in total. The summed E-state index contributed by atoms with van der Waals surface area (Å²) in [5.41, 5.74) is 0. The van der Waals surface area contributed by atoms with Crippen LogP contribution in [0.5, 0.6) is 0 Å². The minimum atomic E-state index is -3.40. The molecule has 0 fully saturated rings. The lowest BCUT2D eigenvalue weighted by atomic mass is 10.4. The van der Waals surface area contributed by atoms with Gasteiger partial charge < -0.3 is 5.32 Å². The lowest BCUT2D eigenvalue weighted by molar-refractivity contribution is -0.119. The van der Waals surface area contributed by atoms with E-state index < -0.39 is 15.9 Å². The van der Waals surface area contributed by atoms with E-state index in [4.69, 9.17) is 0 Å². The van der Waals surface area contributed by atoms with Crippen molar-refractivity contribution in [2.24, 2.45) is 0 Å². The first-order chi connectivity index (χ1) is 6.52. The fourth-order valence-corrected chi connectivity index (χ4v) is 2.01. The first kappa shape index (κ1) is 13.4. The van der Waals surface area contributed by atoms with Crippen molar-refractivity contribution in [3.63, 3.8) is 0 Å². The Morgan fingerprint density at radius 1 is 1.29 bits per heavy atom. The molecule has 0 aliphatic carbocycles. The van der Waals surface area contributed by atoms with Crippen LogP contribution in [0.1, 0.15) is 26.7 Å².